The van der Waals surface area contributed by atoms with Gasteiger partial charge in [-0.2, -0.15) is 0 Å². The predicted molar refractivity (Wildman–Crippen MR) is 75.5 cm³/mol. The van der Waals surface area contributed by atoms with Crippen molar-refractivity contribution < 1.29 is 9.47 Å². The van der Waals surface area contributed by atoms with Crippen LogP contribution in [-0.4, -0.2) is 13.2 Å². The van der Waals surface area contributed by atoms with Crippen LogP contribution in [0.1, 0.15) is 17.4 Å². The third kappa shape index (κ3) is 2.95. The maximum absolute atomic E-state index is 5.51. The van der Waals surface area contributed by atoms with Crippen LogP contribution in [0, 0.1) is 6.92 Å². The molecule has 1 heterocycles. The van der Waals surface area contributed by atoms with Gasteiger partial charge < -0.3 is 14.8 Å². The molecule has 1 aliphatic heterocycles. The lowest BCUT2D eigenvalue weighted by atomic mass is 10.1. The molecule has 0 saturated carbocycles. The Morgan fingerprint density at radius 3 is 2.42 bits per heavy atom. The molecule has 0 aromatic heterocycles. The number of hydrogen-bond donors (Lipinski definition) is 1. The SMILES string of the molecule is Cc1ccc(Nc2cccc(C3OCCO3)c2)cc1. The summed E-state index contributed by atoms with van der Waals surface area (Å²) in [5, 5.41) is 3.38. The number of hydrogen-bond acceptors (Lipinski definition) is 3. The van der Waals surface area contributed by atoms with E-state index in [-0.39, 0.29) is 6.29 Å². The maximum Gasteiger partial charge on any atom is 0.184 e. The van der Waals surface area contributed by atoms with E-state index in [1.165, 1.54) is 5.56 Å². The molecule has 0 unspecified atom stereocenters. The lowest BCUT2D eigenvalue weighted by Crippen LogP contribution is -1.99. The van der Waals surface area contributed by atoms with Gasteiger partial charge in [0.2, 0.25) is 0 Å². The van der Waals surface area contributed by atoms with Crippen molar-refractivity contribution in [3.05, 3.63) is 59.7 Å². The number of nitrogens with one attached hydrogen (secondary N) is 1. The Labute approximate surface area is 113 Å². The van der Waals surface area contributed by atoms with Gasteiger partial charge in [-0.25, -0.2) is 0 Å². The quantitative estimate of drug-likeness (QED) is 0.905. The molecule has 2 aromatic rings. The molecule has 1 N–H and O–H groups in total. The summed E-state index contributed by atoms with van der Waals surface area (Å²) in [4.78, 5) is 0. The first kappa shape index (κ1) is 12.2. The second-order valence-electron chi connectivity index (χ2n) is 4.69. The summed E-state index contributed by atoms with van der Waals surface area (Å²) in [5.74, 6) is 0. The molecule has 0 aliphatic carbocycles. The van der Waals surface area contributed by atoms with E-state index in [1.54, 1.807) is 0 Å². The molecular formula is C16H17NO2. The first-order chi connectivity index (χ1) is 9.31. The van der Waals surface area contributed by atoms with E-state index >= 15 is 0 Å². The number of anilines is 2. The van der Waals surface area contributed by atoms with Crippen molar-refractivity contribution in [3.63, 3.8) is 0 Å². The van der Waals surface area contributed by atoms with Crippen LogP contribution in [0.25, 0.3) is 0 Å². The molecule has 0 atom stereocenters. The zero-order valence-corrected chi connectivity index (χ0v) is 10.9. The minimum Gasteiger partial charge on any atom is -0.356 e. The fourth-order valence-electron chi connectivity index (χ4n) is 2.12. The van der Waals surface area contributed by atoms with Crippen molar-refractivity contribution >= 4 is 11.4 Å². The molecular weight excluding hydrogens is 238 g/mol. The van der Waals surface area contributed by atoms with E-state index in [0.717, 1.165) is 16.9 Å². The molecule has 19 heavy (non-hydrogen) atoms. The van der Waals surface area contributed by atoms with E-state index in [9.17, 15) is 0 Å². The monoisotopic (exact) mass is 255 g/mol. The highest BCUT2D eigenvalue weighted by atomic mass is 16.7. The van der Waals surface area contributed by atoms with Gasteiger partial charge in [-0.05, 0) is 31.2 Å². The largest absolute Gasteiger partial charge is 0.356 e. The van der Waals surface area contributed by atoms with Crippen LogP contribution >= 0.6 is 0 Å². The van der Waals surface area contributed by atoms with Crippen LogP contribution in [0.2, 0.25) is 0 Å². The van der Waals surface area contributed by atoms with E-state index < -0.39 is 0 Å². The molecule has 1 saturated heterocycles. The zero-order valence-electron chi connectivity index (χ0n) is 10.9. The van der Waals surface area contributed by atoms with Crippen molar-refractivity contribution in [2.75, 3.05) is 18.5 Å². The van der Waals surface area contributed by atoms with E-state index in [0.29, 0.717) is 13.2 Å². The molecule has 1 fully saturated rings. The van der Waals surface area contributed by atoms with E-state index in [2.05, 4.69) is 42.6 Å². The molecule has 0 bridgehead atoms. The average molecular weight is 255 g/mol. The lowest BCUT2D eigenvalue weighted by Gasteiger charge is -2.12. The molecule has 0 amide bonds. The molecule has 3 heteroatoms. The highest BCUT2D eigenvalue weighted by molar-refractivity contribution is 5.60. The fourth-order valence-corrected chi connectivity index (χ4v) is 2.12. The molecule has 2 aromatic carbocycles. The average Bonchev–Trinajstić information content (AvgIpc) is 2.96. The Kier molecular flexibility index (Phi) is 3.49. The molecule has 0 spiro atoms. The summed E-state index contributed by atoms with van der Waals surface area (Å²) in [6.07, 6.45) is -0.222. The van der Waals surface area contributed by atoms with Gasteiger partial charge >= 0.3 is 0 Å². The highest BCUT2D eigenvalue weighted by Crippen LogP contribution is 2.26. The molecule has 3 nitrogen and oxygen atoms in total. The van der Waals surface area contributed by atoms with Crippen molar-refractivity contribution in [1.29, 1.82) is 0 Å². The van der Waals surface area contributed by atoms with Crippen molar-refractivity contribution in [1.82, 2.24) is 0 Å². The number of benzene rings is 2. The molecule has 0 radical (unpaired) electrons. The first-order valence-electron chi connectivity index (χ1n) is 6.48. The maximum atomic E-state index is 5.51. The Hall–Kier alpha value is -1.84. The van der Waals surface area contributed by atoms with Crippen LogP contribution in [0.4, 0.5) is 11.4 Å². The van der Waals surface area contributed by atoms with Gasteiger partial charge in [-0.15, -0.1) is 0 Å². The third-order valence-corrected chi connectivity index (χ3v) is 3.12. The van der Waals surface area contributed by atoms with Crippen LogP contribution < -0.4 is 5.32 Å². The van der Waals surface area contributed by atoms with Crippen molar-refractivity contribution in [2.45, 2.75) is 13.2 Å². The van der Waals surface area contributed by atoms with Gasteiger partial charge in [-0.1, -0.05) is 29.8 Å². The number of aryl methyl sites for hydroxylation is 1. The van der Waals surface area contributed by atoms with Crippen LogP contribution in [0.3, 0.4) is 0 Å². The standard InChI is InChI=1S/C16H17NO2/c1-12-5-7-14(8-6-12)17-15-4-2-3-13(11-15)16-18-9-10-19-16/h2-8,11,16-17H,9-10H2,1H3. The van der Waals surface area contributed by atoms with Gasteiger partial charge in [-0.3, -0.25) is 0 Å². The third-order valence-electron chi connectivity index (χ3n) is 3.12. The zero-order chi connectivity index (χ0) is 13.1. The highest BCUT2D eigenvalue weighted by Gasteiger charge is 2.18. The van der Waals surface area contributed by atoms with Crippen LogP contribution in [0.15, 0.2) is 48.5 Å². The summed E-state index contributed by atoms with van der Waals surface area (Å²) in [5.41, 5.74) is 4.43. The minimum atomic E-state index is -0.222. The summed E-state index contributed by atoms with van der Waals surface area (Å²) in [6.45, 7) is 3.42. The molecule has 3 rings (SSSR count). The van der Waals surface area contributed by atoms with Gasteiger partial charge in [0.15, 0.2) is 6.29 Å². The number of ether oxygens (including phenoxy) is 2. The normalized spacial score (nSPS) is 15.6. The fraction of sp³-hybridized carbons (Fsp3) is 0.250. The van der Waals surface area contributed by atoms with Crippen LogP contribution in [-0.2, 0) is 9.47 Å². The summed E-state index contributed by atoms with van der Waals surface area (Å²) >= 11 is 0. The van der Waals surface area contributed by atoms with Gasteiger partial charge in [0.25, 0.3) is 0 Å². The van der Waals surface area contributed by atoms with Crippen molar-refractivity contribution in [2.24, 2.45) is 0 Å². The van der Waals surface area contributed by atoms with Gasteiger partial charge in [0.1, 0.15) is 0 Å². The Balaban J connectivity index is 1.77. The Morgan fingerprint density at radius 2 is 1.68 bits per heavy atom. The summed E-state index contributed by atoms with van der Waals surface area (Å²) < 4.78 is 11.0. The minimum absolute atomic E-state index is 0.222. The van der Waals surface area contributed by atoms with Gasteiger partial charge in [0.05, 0.1) is 13.2 Å². The van der Waals surface area contributed by atoms with Crippen LogP contribution in [0.5, 0.6) is 0 Å². The predicted octanol–water partition coefficient (Wildman–Crippen LogP) is 3.78. The Morgan fingerprint density at radius 1 is 0.947 bits per heavy atom. The smallest absolute Gasteiger partial charge is 0.184 e. The topological polar surface area (TPSA) is 30.5 Å². The second-order valence-corrected chi connectivity index (χ2v) is 4.69. The lowest BCUT2D eigenvalue weighted by molar-refractivity contribution is -0.0440. The van der Waals surface area contributed by atoms with Gasteiger partial charge in [0, 0.05) is 16.9 Å². The van der Waals surface area contributed by atoms with Crippen molar-refractivity contribution in [3.8, 4) is 0 Å². The molecule has 1 aliphatic rings. The first-order valence-corrected chi connectivity index (χ1v) is 6.48. The number of rotatable bonds is 3. The molecule has 98 valence electrons. The second kappa shape index (κ2) is 5.43. The van der Waals surface area contributed by atoms with E-state index in [4.69, 9.17) is 9.47 Å². The summed E-state index contributed by atoms with van der Waals surface area (Å²) in [6, 6.07) is 16.5. The van der Waals surface area contributed by atoms with E-state index in [1.807, 2.05) is 18.2 Å². The summed E-state index contributed by atoms with van der Waals surface area (Å²) in [7, 11) is 0. The Bertz CT molecular complexity index is 545.